The molecule has 0 saturated carbocycles. The molecule has 4 heteroatoms. The van der Waals surface area contributed by atoms with Crippen molar-refractivity contribution in [3.8, 4) is 5.75 Å². The molecule has 0 fully saturated rings. The lowest BCUT2D eigenvalue weighted by Gasteiger charge is -2.13. The molecule has 0 radical (unpaired) electrons. The Bertz CT molecular complexity index is 583. The summed E-state index contributed by atoms with van der Waals surface area (Å²) in [4.78, 5) is 6.14. The van der Waals surface area contributed by atoms with Gasteiger partial charge in [0.05, 0.1) is 17.3 Å². The SMILES string of the molecule is CC(C)c1ccccc1OCCc1nc2c(s1)CNCC2. The maximum absolute atomic E-state index is 5.99. The third-order valence-corrected chi connectivity index (χ3v) is 4.92. The van der Waals surface area contributed by atoms with Crippen LogP contribution in [0.4, 0.5) is 0 Å². The van der Waals surface area contributed by atoms with Gasteiger partial charge in [-0.1, -0.05) is 32.0 Å². The topological polar surface area (TPSA) is 34.1 Å². The van der Waals surface area contributed by atoms with Crippen LogP contribution < -0.4 is 10.1 Å². The minimum atomic E-state index is 0.486. The fraction of sp³-hybridized carbons (Fsp3) is 0.471. The molecule has 0 aliphatic carbocycles. The second-order valence-electron chi connectivity index (χ2n) is 5.70. The number of benzene rings is 1. The molecule has 2 aromatic rings. The van der Waals surface area contributed by atoms with E-state index in [1.165, 1.54) is 21.1 Å². The number of nitrogens with zero attached hydrogens (tertiary/aromatic N) is 1. The number of nitrogens with one attached hydrogen (secondary N) is 1. The van der Waals surface area contributed by atoms with Crippen LogP contribution in [0.2, 0.25) is 0 Å². The van der Waals surface area contributed by atoms with Gasteiger partial charge in [-0.3, -0.25) is 0 Å². The molecule has 3 rings (SSSR count). The van der Waals surface area contributed by atoms with E-state index in [4.69, 9.17) is 9.72 Å². The van der Waals surface area contributed by atoms with Gasteiger partial charge in [0.1, 0.15) is 5.75 Å². The molecule has 0 unspecified atom stereocenters. The third kappa shape index (κ3) is 3.44. The van der Waals surface area contributed by atoms with Crippen LogP contribution in [0.3, 0.4) is 0 Å². The molecule has 0 spiro atoms. The summed E-state index contributed by atoms with van der Waals surface area (Å²) in [5.74, 6) is 1.50. The van der Waals surface area contributed by atoms with Crippen molar-refractivity contribution < 1.29 is 4.74 Å². The summed E-state index contributed by atoms with van der Waals surface area (Å²) in [5, 5.41) is 4.60. The molecule has 2 heterocycles. The smallest absolute Gasteiger partial charge is 0.122 e. The summed E-state index contributed by atoms with van der Waals surface area (Å²) in [7, 11) is 0. The minimum Gasteiger partial charge on any atom is -0.493 e. The van der Waals surface area contributed by atoms with E-state index in [9.17, 15) is 0 Å². The third-order valence-electron chi connectivity index (χ3n) is 3.76. The first kappa shape index (κ1) is 14.5. The Morgan fingerprint density at radius 1 is 1.33 bits per heavy atom. The van der Waals surface area contributed by atoms with E-state index in [0.717, 1.165) is 31.7 Å². The Kier molecular flexibility index (Phi) is 4.56. The molecule has 0 amide bonds. The summed E-state index contributed by atoms with van der Waals surface area (Å²) in [6.07, 6.45) is 1.95. The van der Waals surface area contributed by atoms with Gasteiger partial charge in [0.15, 0.2) is 0 Å². The van der Waals surface area contributed by atoms with Crippen molar-refractivity contribution in [2.45, 2.75) is 39.2 Å². The van der Waals surface area contributed by atoms with E-state index in [-0.39, 0.29) is 0 Å². The van der Waals surface area contributed by atoms with Crippen molar-refractivity contribution in [2.75, 3.05) is 13.2 Å². The number of aromatic nitrogens is 1. The lowest BCUT2D eigenvalue weighted by molar-refractivity contribution is 0.317. The predicted molar refractivity (Wildman–Crippen MR) is 87.3 cm³/mol. The van der Waals surface area contributed by atoms with E-state index in [1.807, 2.05) is 17.4 Å². The van der Waals surface area contributed by atoms with Crippen LogP contribution in [0.5, 0.6) is 5.75 Å². The van der Waals surface area contributed by atoms with Crippen LogP contribution in [-0.2, 0) is 19.4 Å². The molecular formula is C17H22N2OS. The highest BCUT2D eigenvalue weighted by Gasteiger charge is 2.14. The van der Waals surface area contributed by atoms with Gasteiger partial charge >= 0.3 is 0 Å². The Hall–Kier alpha value is -1.39. The zero-order valence-corrected chi connectivity index (χ0v) is 13.5. The molecule has 0 atom stereocenters. The van der Waals surface area contributed by atoms with Crippen molar-refractivity contribution in [1.29, 1.82) is 0 Å². The normalized spacial score (nSPS) is 14.2. The monoisotopic (exact) mass is 302 g/mol. The van der Waals surface area contributed by atoms with E-state index in [1.54, 1.807) is 0 Å². The number of ether oxygens (including phenoxy) is 1. The first-order valence-electron chi connectivity index (χ1n) is 7.64. The Morgan fingerprint density at radius 2 is 2.19 bits per heavy atom. The average Bonchev–Trinajstić information content (AvgIpc) is 2.90. The predicted octanol–water partition coefficient (Wildman–Crippen LogP) is 3.53. The van der Waals surface area contributed by atoms with Crippen molar-refractivity contribution in [2.24, 2.45) is 0 Å². The van der Waals surface area contributed by atoms with E-state index in [2.05, 4.69) is 37.4 Å². The van der Waals surface area contributed by atoms with Gasteiger partial charge in [0, 0.05) is 30.8 Å². The molecule has 1 aliphatic heterocycles. The quantitative estimate of drug-likeness (QED) is 0.917. The zero-order chi connectivity index (χ0) is 14.7. The van der Waals surface area contributed by atoms with Crippen LogP contribution >= 0.6 is 11.3 Å². The number of hydrogen-bond donors (Lipinski definition) is 1. The van der Waals surface area contributed by atoms with Crippen molar-refractivity contribution in [1.82, 2.24) is 10.3 Å². The van der Waals surface area contributed by atoms with Gasteiger partial charge in [-0.05, 0) is 17.5 Å². The van der Waals surface area contributed by atoms with Gasteiger partial charge in [-0.2, -0.15) is 0 Å². The lowest BCUT2D eigenvalue weighted by Crippen LogP contribution is -2.22. The lowest BCUT2D eigenvalue weighted by atomic mass is 10.0. The molecule has 21 heavy (non-hydrogen) atoms. The molecule has 1 aromatic carbocycles. The summed E-state index contributed by atoms with van der Waals surface area (Å²) >= 11 is 1.83. The van der Waals surface area contributed by atoms with Crippen LogP contribution in [0, 0.1) is 0 Å². The number of hydrogen-bond acceptors (Lipinski definition) is 4. The highest BCUT2D eigenvalue weighted by atomic mass is 32.1. The van der Waals surface area contributed by atoms with Crippen molar-refractivity contribution >= 4 is 11.3 Å². The summed E-state index contributed by atoms with van der Waals surface area (Å²) in [6, 6.07) is 8.32. The second kappa shape index (κ2) is 6.58. The van der Waals surface area contributed by atoms with Crippen molar-refractivity contribution in [3.05, 3.63) is 45.4 Å². The van der Waals surface area contributed by atoms with E-state index < -0.39 is 0 Å². The fourth-order valence-corrected chi connectivity index (χ4v) is 3.69. The first-order valence-corrected chi connectivity index (χ1v) is 8.45. The Morgan fingerprint density at radius 3 is 3.00 bits per heavy atom. The average molecular weight is 302 g/mol. The van der Waals surface area contributed by atoms with Gasteiger partial charge < -0.3 is 10.1 Å². The fourth-order valence-electron chi connectivity index (χ4n) is 2.62. The number of para-hydroxylation sites is 1. The molecule has 1 aliphatic rings. The second-order valence-corrected chi connectivity index (χ2v) is 6.86. The van der Waals surface area contributed by atoms with E-state index in [0.29, 0.717) is 12.5 Å². The molecular weight excluding hydrogens is 280 g/mol. The standard InChI is InChI=1S/C17H22N2OS/c1-12(2)13-5-3-4-6-15(13)20-10-8-17-19-14-7-9-18-11-16(14)21-17/h3-6,12,18H,7-11H2,1-2H3. The Labute approximate surface area is 130 Å². The summed E-state index contributed by atoms with van der Waals surface area (Å²) in [5.41, 5.74) is 2.57. The van der Waals surface area contributed by atoms with Crippen LogP contribution in [0.15, 0.2) is 24.3 Å². The van der Waals surface area contributed by atoms with Gasteiger partial charge in [-0.25, -0.2) is 4.98 Å². The van der Waals surface area contributed by atoms with Gasteiger partial charge in [-0.15, -0.1) is 11.3 Å². The molecule has 3 nitrogen and oxygen atoms in total. The van der Waals surface area contributed by atoms with E-state index >= 15 is 0 Å². The number of rotatable bonds is 5. The highest BCUT2D eigenvalue weighted by molar-refractivity contribution is 7.11. The highest BCUT2D eigenvalue weighted by Crippen LogP contribution is 2.26. The largest absolute Gasteiger partial charge is 0.493 e. The maximum Gasteiger partial charge on any atom is 0.122 e. The van der Waals surface area contributed by atoms with Crippen molar-refractivity contribution in [3.63, 3.8) is 0 Å². The number of thiazole rings is 1. The molecule has 112 valence electrons. The summed E-state index contributed by atoms with van der Waals surface area (Å²) in [6.45, 7) is 7.12. The molecule has 1 N–H and O–H groups in total. The summed E-state index contributed by atoms with van der Waals surface area (Å²) < 4.78 is 5.99. The first-order chi connectivity index (χ1) is 10.2. The Balaban J connectivity index is 1.60. The van der Waals surface area contributed by atoms with Crippen LogP contribution in [0.25, 0.3) is 0 Å². The van der Waals surface area contributed by atoms with Gasteiger partial charge in [0.25, 0.3) is 0 Å². The molecule has 0 bridgehead atoms. The zero-order valence-electron chi connectivity index (χ0n) is 12.7. The maximum atomic E-state index is 5.99. The van der Waals surface area contributed by atoms with Crippen LogP contribution in [0.1, 0.15) is 40.9 Å². The molecule has 1 aromatic heterocycles. The van der Waals surface area contributed by atoms with Crippen LogP contribution in [-0.4, -0.2) is 18.1 Å². The van der Waals surface area contributed by atoms with Gasteiger partial charge in [0.2, 0.25) is 0 Å². The minimum absolute atomic E-state index is 0.486. The molecule has 0 saturated heterocycles. The number of fused-ring (bicyclic) bond motifs is 1.